The molecule has 0 aromatic heterocycles. The topological polar surface area (TPSA) is 82.5 Å². The number of hydrogen-bond donors (Lipinski definition) is 2. The zero-order valence-corrected chi connectivity index (χ0v) is 12.9. The largest absolute Gasteiger partial charge is 0.473 e. The molecule has 0 bridgehead atoms. The molecule has 0 aliphatic carbocycles. The van der Waals surface area contributed by atoms with Crippen LogP contribution in [-0.4, -0.2) is 52.0 Å². The van der Waals surface area contributed by atoms with Crippen molar-refractivity contribution in [2.24, 2.45) is 0 Å². The minimum absolute atomic E-state index is 0.178. The molecule has 126 valence electrons. The number of para-hydroxylation sites is 2. The molecule has 2 aromatic carbocycles. The van der Waals surface area contributed by atoms with E-state index >= 15 is 0 Å². The summed E-state index contributed by atoms with van der Waals surface area (Å²) in [6.45, 7) is -0.355. The second-order valence-electron chi connectivity index (χ2n) is 5.22. The third kappa shape index (κ3) is 3.42. The molecular formula is C17H18N2O5. The smallest absolute Gasteiger partial charge is 0.329 e. The average Bonchev–Trinajstić information content (AvgIpc) is 2.82. The lowest BCUT2D eigenvalue weighted by Gasteiger charge is -2.19. The lowest BCUT2D eigenvalue weighted by Crippen LogP contribution is -2.39. The molecule has 24 heavy (non-hydrogen) atoms. The van der Waals surface area contributed by atoms with Crippen LogP contribution in [0.15, 0.2) is 60.7 Å². The standard InChI is InChI=1S/C17H18N2O5/c20-15-16(21)19(12-24-14-9-5-2-6-10-14)17(22)18(15)11-23-13-7-3-1-4-8-13/h1-10,15-16,20-21H,11-12H2. The summed E-state index contributed by atoms with van der Waals surface area (Å²) in [6.07, 6.45) is -2.78. The second kappa shape index (κ2) is 7.20. The van der Waals surface area contributed by atoms with Crippen molar-refractivity contribution in [1.29, 1.82) is 0 Å². The van der Waals surface area contributed by atoms with Gasteiger partial charge in [0.05, 0.1) is 0 Å². The van der Waals surface area contributed by atoms with E-state index in [-0.39, 0.29) is 13.5 Å². The van der Waals surface area contributed by atoms with Gasteiger partial charge in [-0.1, -0.05) is 36.4 Å². The van der Waals surface area contributed by atoms with Crippen molar-refractivity contribution >= 4 is 6.03 Å². The Kier molecular flexibility index (Phi) is 4.83. The number of amides is 2. The lowest BCUT2D eigenvalue weighted by molar-refractivity contribution is -0.0880. The Morgan fingerprint density at radius 2 is 1.12 bits per heavy atom. The molecule has 0 spiro atoms. The maximum Gasteiger partial charge on any atom is 0.329 e. The number of carbonyl (C=O) groups is 1. The van der Waals surface area contributed by atoms with Gasteiger partial charge in [-0.3, -0.25) is 9.80 Å². The van der Waals surface area contributed by atoms with Crippen molar-refractivity contribution in [2.75, 3.05) is 13.5 Å². The summed E-state index contributed by atoms with van der Waals surface area (Å²) in [6, 6.07) is 17.3. The maximum atomic E-state index is 12.3. The minimum Gasteiger partial charge on any atom is -0.473 e. The predicted octanol–water partition coefficient (Wildman–Crippen LogP) is 1.43. The lowest BCUT2D eigenvalue weighted by atomic mass is 10.3. The summed E-state index contributed by atoms with van der Waals surface area (Å²) in [5.74, 6) is 1.12. The van der Waals surface area contributed by atoms with E-state index in [4.69, 9.17) is 9.47 Å². The summed E-state index contributed by atoms with van der Waals surface area (Å²) in [5, 5.41) is 20.1. The molecule has 2 amide bonds. The van der Waals surface area contributed by atoms with Gasteiger partial charge in [-0.15, -0.1) is 0 Å². The molecule has 1 aliphatic rings. The summed E-state index contributed by atoms with van der Waals surface area (Å²) in [5.41, 5.74) is 0. The molecule has 1 aliphatic heterocycles. The van der Waals surface area contributed by atoms with Gasteiger partial charge in [0.15, 0.2) is 25.9 Å². The Labute approximate surface area is 139 Å². The molecule has 2 unspecified atom stereocenters. The fourth-order valence-corrected chi connectivity index (χ4v) is 2.30. The van der Waals surface area contributed by atoms with Crippen LogP contribution in [0.4, 0.5) is 4.79 Å². The highest BCUT2D eigenvalue weighted by molar-refractivity contribution is 5.77. The molecule has 0 radical (unpaired) electrons. The van der Waals surface area contributed by atoms with E-state index in [2.05, 4.69) is 0 Å². The highest BCUT2D eigenvalue weighted by Crippen LogP contribution is 2.21. The summed E-state index contributed by atoms with van der Waals surface area (Å²) >= 11 is 0. The molecule has 1 fully saturated rings. The Hall–Kier alpha value is -2.77. The van der Waals surface area contributed by atoms with Gasteiger partial charge >= 0.3 is 6.03 Å². The van der Waals surface area contributed by atoms with Gasteiger partial charge in [0.1, 0.15) is 11.5 Å². The van der Waals surface area contributed by atoms with E-state index in [9.17, 15) is 15.0 Å². The van der Waals surface area contributed by atoms with Crippen LogP contribution in [0.5, 0.6) is 11.5 Å². The predicted molar refractivity (Wildman–Crippen MR) is 85.0 cm³/mol. The van der Waals surface area contributed by atoms with Gasteiger partial charge in [0, 0.05) is 0 Å². The molecule has 2 aromatic rings. The Morgan fingerprint density at radius 1 is 0.750 bits per heavy atom. The first kappa shape index (κ1) is 16.1. The maximum absolute atomic E-state index is 12.3. The van der Waals surface area contributed by atoms with E-state index in [1.54, 1.807) is 48.5 Å². The number of benzene rings is 2. The molecular weight excluding hydrogens is 312 g/mol. The van der Waals surface area contributed by atoms with Crippen molar-refractivity contribution in [3.8, 4) is 11.5 Å². The van der Waals surface area contributed by atoms with Gasteiger partial charge in [0.2, 0.25) is 0 Å². The Morgan fingerprint density at radius 3 is 1.50 bits per heavy atom. The second-order valence-corrected chi connectivity index (χ2v) is 5.22. The van der Waals surface area contributed by atoms with Crippen molar-refractivity contribution < 1.29 is 24.5 Å². The minimum atomic E-state index is -1.39. The summed E-state index contributed by atoms with van der Waals surface area (Å²) in [4.78, 5) is 14.4. The first-order valence-corrected chi connectivity index (χ1v) is 7.46. The molecule has 0 saturated carbocycles. The normalized spacial score (nSPS) is 20.3. The number of carbonyl (C=O) groups excluding carboxylic acids is 1. The highest BCUT2D eigenvalue weighted by atomic mass is 16.5. The molecule has 1 saturated heterocycles. The van der Waals surface area contributed by atoms with Crippen LogP contribution in [0.2, 0.25) is 0 Å². The van der Waals surface area contributed by atoms with Gasteiger partial charge in [-0.05, 0) is 24.3 Å². The molecule has 7 nitrogen and oxygen atoms in total. The van der Waals surface area contributed by atoms with E-state index < -0.39 is 18.5 Å². The van der Waals surface area contributed by atoms with Gasteiger partial charge in [0.25, 0.3) is 0 Å². The first-order chi connectivity index (χ1) is 11.7. The van der Waals surface area contributed by atoms with Crippen molar-refractivity contribution in [2.45, 2.75) is 12.5 Å². The number of nitrogens with zero attached hydrogens (tertiary/aromatic N) is 2. The summed E-state index contributed by atoms with van der Waals surface area (Å²) in [7, 11) is 0. The molecule has 7 heteroatoms. The zero-order valence-electron chi connectivity index (χ0n) is 12.9. The van der Waals surface area contributed by atoms with E-state index in [0.29, 0.717) is 11.5 Å². The van der Waals surface area contributed by atoms with Crippen LogP contribution in [0, 0.1) is 0 Å². The van der Waals surface area contributed by atoms with Crippen LogP contribution in [-0.2, 0) is 0 Å². The van der Waals surface area contributed by atoms with Crippen LogP contribution >= 0.6 is 0 Å². The van der Waals surface area contributed by atoms with Crippen LogP contribution in [0.3, 0.4) is 0 Å². The Balaban J connectivity index is 1.60. The van der Waals surface area contributed by atoms with E-state index in [1.165, 1.54) is 0 Å². The molecule has 2 atom stereocenters. The van der Waals surface area contributed by atoms with Crippen molar-refractivity contribution in [3.63, 3.8) is 0 Å². The van der Waals surface area contributed by atoms with Crippen LogP contribution in [0.1, 0.15) is 0 Å². The van der Waals surface area contributed by atoms with E-state index in [1.807, 2.05) is 12.1 Å². The number of hydrogen-bond acceptors (Lipinski definition) is 5. The number of aliphatic hydroxyl groups is 2. The highest BCUT2D eigenvalue weighted by Gasteiger charge is 2.44. The number of ether oxygens (including phenoxy) is 2. The number of aliphatic hydroxyl groups excluding tert-OH is 2. The van der Waals surface area contributed by atoms with Crippen molar-refractivity contribution in [1.82, 2.24) is 9.80 Å². The summed E-state index contributed by atoms with van der Waals surface area (Å²) < 4.78 is 10.9. The van der Waals surface area contributed by atoms with Crippen LogP contribution < -0.4 is 9.47 Å². The number of rotatable bonds is 6. The van der Waals surface area contributed by atoms with Gasteiger partial charge in [-0.25, -0.2) is 4.79 Å². The average molecular weight is 330 g/mol. The Bertz CT molecular complexity index is 610. The first-order valence-electron chi connectivity index (χ1n) is 7.46. The molecule has 2 N–H and O–H groups in total. The van der Waals surface area contributed by atoms with Gasteiger partial charge < -0.3 is 19.7 Å². The monoisotopic (exact) mass is 330 g/mol. The fourth-order valence-electron chi connectivity index (χ4n) is 2.30. The number of urea groups is 1. The fraction of sp³-hybridized carbons (Fsp3) is 0.235. The quantitative estimate of drug-likeness (QED) is 0.837. The molecule has 3 rings (SSSR count). The third-order valence-corrected chi connectivity index (χ3v) is 3.62. The van der Waals surface area contributed by atoms with E-state index in [0.717, 1.165) is 9.80 Å². The van der Waals surface area contributed by atoms with Gasteiger partial charge in [-0.2, -0.15) is 0 Å². The zero-order chi connectivity index (χ0) is 16.9. The molecule has 1 heterocycles. The third-order valence-electron chi connectivity index (χ3n) is 3.62. The van der Waals surface area contributed by atoms with Crippen LogP contribution in [0.25, 0.3) is 0 Å². The van der Waals surface area contributed by atoms with Crippen molar-refractivity contribution in [3.05, 3.63) is 60.7 Å². The SMILES string of the molecule is O=C1N(COc2ccccc2)C(O)C(O)N1COc1ccccc1.